The fourth-order valence-corrected chi connectivity index (χ4v) is 5.42. The lowest BCUT2D eigenvalue weighted by molar-refractivity contribution is -0.113. The van der Waals surface area contributed by atoms with Gasteiger partial charge in [0.15, 0.2) is 15.8 Å². The van der Waals surface area contributed by atoms with E-state index < -0.39 is 0 Å². The second-order valence-electron chi connectivity index (χ2n) is 8.41. The van der Waals surface area contributed by atoms with Gasteiger partial charge in [0.2, 0.25) is 0 Å². The number of thioether (sulfide) groups is 1. The average Bonchev–Trinajstić information content (AvgIpc) is 3.16. The molecule has 4 aromatic carbocycles. The number of thiocarbonyl (C=S) groups is 1. The van der Waals surface area contributed by atoms with E-state index in [1.807, 2.05) is 74.5 Å². The number of hydrogen-bond acceptors (Lipinski definition) is 5. The number of benzene rings is 4. The molecule has 36 heavy (non-hydrogen) atoms. The first kappa shape index (κ1) is 24.1. The SMILES string of the molecule is CCOc1cc(/C=C2/SC(=S)N(c3ccccc3C)C2=O)ccc1OCc1ccc2ccccc2c1. The largest absolute Gasteiger partial charge is 0.490 e. The summed E-state index contributed by atoms with van der Waals surface area (Å²) < 4.78 is 12.5. The molecule has 1 aliphatic rings. The molecule has 6 heteroatoms. The maximum atomic E-state index is 13.2. The van der Waals surface area contributed by atoms with Gasteiger partial charge in [0, 0.05) is 0 Å². The summed E-state index contributed by atoms with van der Waals surface area (Å²) >= 11 is 6.84. The average molecular weight is 512 g/mol. The Hall–Kier alpha value is -3.61. The highest BCUT2D eigenvalue weighted by atomic mass is 32.2. The lowest BCUT2D eigenvalue weighted by Gasteiger charge is -2.16. The molecule has 4 nitrogen and oxygen atoms in total. The summed E-state index contributed by atoms with van der Waals surface area (Å²) in [6.45, 7) is 4.85. The molecule has 1 saturated heterocycles. The minimum absolute atomic E-state index is 0.117. The van der Waals surface area contributed by atoms with E-state index in [2.05, 4.69) is 30.3 Å². The van der Waals surface area contributed by atoms with Gasteiger partial charge in [-0.15, -0.1) is 0 Å². The molecule has 0 radical (unpaired) electrons. The summed E-state index contributed by atoms with van der Waals surface area (Å²) in [5.74, 6) is 1.19. The molecule has 0 spiro atoms. The van der Waals surface area contributed by atoms with Crippen LogP contribution >= 0.6 is 24.0 Å². The quantitative estimate of drug-likeness (QED) is 0.189. The lowest BCUT2D eigenvalue weighted by atomic mass is 10.1. The number of aryl methyl sites for hydroxylation is 1. The minimum atomic E-state index is -0.117. The Morgan fingerprint density at radius 1 is 0.889 bits per heavy atom. The van der Waals surface area contributed by atoms with Crippen LogP contribution in [0.4, 0.5) is 5.69 Å². The zero-order valence-corrected chi connectivity index (χ0v) is 21.7. The Morgan fingerprint density at radius 2 is 1.67 bits per heavy atom. The van der Waals surface area contributed by atoms with Gasteiger partial charge in [-0.2, -0.15) is 0 Å². The first-order chi connectivity index (χ1) is 17.5. The topological polar surface area (TPSA) is 38.8 Å². The molecule has 1 aliphatic heterocycles. The lowest BCUT2D eigenvalue weighted by Crippen LogP contribution is -2.28. The molecule has 5 rings (SSSR count). The van der Waals surface area contributed by atoms with E-state index >= 15 is 0 Å². The summed E-state index contributed by atoms with van der Waals surface area (Å²) in [6.07, 6.45) is 1.85. The monoisotopic (exact) mass is 511 g/mol. The molecular weight excluding hydrogens is 486 g/mol. The Kier molecular flexibility index (Phi) is 7.07. The zero-order chi connectivity index (χ0) is 25.1. The number of ether oxygens (including phenoxy) is 2. The summed E-state index contributed by atoms with van der Waals surface area (Å²) in [5.41, 5.74) is 3.75. The van der Waals surface area contributed by atoms with E-state index in [0.717, 1.165) is 22.4 Å². The normalized spacial score (nSPS) is 14.6. The maximum absolute atomic E-state index is 13.2. The van der Waals surface area contributed by atoms with E-state index in [0.29, 0.717) is 33.9 Å². The van der Waals surface area contributed by atoms with E-state index in [-0.39, 0.29) is 5.91 Å². The van der Waals surface area contributed by atoms with Gasteiger partial charge in [-0.25, -0.2) is 0 Å². The van der Waals surface area contributed by atoms with Crippen molar-refractivity contribution in [1.29, 1.82) is 0 Å². The Balaban J connectivity index is 1.36. The summed E-state index contributed by atoms with van der Waals surface area (Å²) in [5, 5.41) is 2.38. The fourth-order valence-electron chi connectivity index (χ4n) is 4.13. The van der Waals surface area contributed by atoms with Crippen LogP contribution in [0.1, 0.15) is 23.6 Å². The molecule has 0 aliphatic carbocycles. The Morgan fingerprint density at radius 3 is 2.47 bits per heavy atom. The van der Waals surface area contributed by atoms with Crippen molar-refractivity contribution in [1.82, 2.24) is 0 Å². The fraction of sp³-hybridized carbons (Fsp3) is 0.133. The van der Waals surface area contributed by atoms with Gasteiger partial charge < -0.3 is 9.47 Å². The highest BCUT2D eigenvalue weighted by Gasteiger charge is 2.34. The van der Waals surface area contributed by atoms with Gasteiger partial charge in [-0.1, -0.05) is 84.6 Å². The van der Waals surface area contributed by atoms with Gasteiger partial charge in [-0.05, 0) is 71.7 Å². The maximum Gasteiger partial charge on any atom is 0.270 e. The standard InChI is InChI=1S/C30H25NO3S2/c1-3-33-27-17-21(18-28-29(32)31(30(35)36-28)25-11-7-4-8-20(25)2)13-15-26(27)34-19-22-12-14-23-9-5-6-10-24(23)16-22/h4-18H,3,19H2,1-2H3/b28-18+. The molecule has 4 aromatic rings. The number of hydrogen-bond donors (Lipinski definition) is 0. The molecule has 0 bridgehead atoms. The number of nitrogens with zero attached hydrogens (tertiary/aromatic N) is 1. The molecular formula is C30H25NO3S2. The third kappa shape index (κ3) is 5.01. The van der Waals surface area contributed by atoms with Crippen molar-refractivity contribution in [2.75, 3.05) is 11.5 Å². The number of para-hydroxylation sites is 1. The molecule has 0 unspecified atom stereocenters. The Bertz CT molecular complexity index is 1490. The molecule has 0 N–H and O–H groups in total. The third-order valence-corrected chi connectivity index (χ3v) is 7.23. The second-order valence-corrected chi connectivity index (χ2v) is 10.1. The van der Waals surface area contributed by atoms with Gasteiger partial charge in [0.25, 0.3) is 5.91 Å². The summed E-state index contributed by atoms with van der Waals surface area (Å²) in [4.78, 5) is 15.4. The van der Waals surface area contributed by atoms with Crippen LogP contribution in [0.3, 0.4) is 0 Å². The molecule has 0 aromatic heterocycles. The molecule has 0 saturated carbocycles. The van der Waals surface area contributed by atoms with E-state index in [4.69, 9.17) is 21.7 Å². The van der Waals surface area contributed by atoms with Crippen molar-refractivity contribution >= 4 is 56.7 Å². The number of fused-ring (bicyclic) bond motifs is 1. The number of carbonyl (C=O) groups is 1. The van der Waals surface area contributed by atoms with Crippen LogP contribution in [0, 0.1) is 6.92 Å². The van der Waals surface area contributed by atoms with Crippen LogP contribution in [0.15, 0.2) is 89.8 Å². The second kappa shape index (κ2) is 10.6. The van der Waals surface area contributed by atoms with E-state index in [1.54, 1.807) is 4.90 Å². The third-order valence-electron chi connectivity index (χ3n) is 5.92. The number of carbonyl (C=O) groups excluding carboxylic acids is 1. The highest BCUT2D eigenvalue weighted by Crippen LogP contribution is 2.38. The first-order valence-corrected chi connectivity index (χ1v) is 13.0. The smallest absolute Gasteiger partial charge is 0.270 e. The van der Waals surface area contributed by atoms with Crippen LogP contribution in [0.2, 0.25) is 0 Å². The van der Waals surface area contributed by atoms with Gasteiger partial charge in [0.1, 0.15) is 6.61 Å². The predicted octanol–water partition coefficient (Wildman–Crippen LogP) is 7.53. The Labute approximate surface area is 220 Å². The van der Waals surface area contributed by atoms with Gasteiger partial charge >= 0.3 is 0 Å². The number of amides is 1. The summed E-state index contributed by atoms with van der Waals surface area (Å²) in [6, 6.07) is 28.1. The van der Waals surface area contributed by atoms with Crippen molar-refractivity contribution in [2.45, 2.75) is 20.5 Å². The van der Waals surface area contributed by atoms with Crippen LogP contribution in [0.25, 0.3) is 16.8 Å². The number of rotatable bonds is 7. The van der Waals surface area contributed by atoms with Crippen molar-refractivity contribution < 1.29 is 14.3 Å². The molecule has 1 fully saturated rings. The van der Waals surface area contributed by atoms with Crippen molar-refractivity contribution in [3.63, 3.8) is 0 Å². The van der Waals surface area contributed by atoms with Crippen LogP contribution < -0.4 is 14.4 Å². The first-order valence-electron chi connectivity index (χ1n) is 11.7. The molecule has 1 heterocycles. The van der Waals surface area contributed by atoms with E-state index in [1.165, 1.54) is 22.5 Å². The van der Waals surface area contributed by atoms with E-state index in [9.17, 15) is 4.79 Å². The van der Waals surface area contributed by atoms with Crippen molar-refractivity contribution in [3.05, 3.63) is 107 Å². The van der Waals surface area contributed by atoms with Crippen molar-refractivity contribution in [2.24, 2.45) is 0 Å². The highest BCUT2D eigenvalue weighted by molar-refractivity contribution is 8.27. The van der Waals surface area contributed by atoms with Crippen LogP contribution in [-0.2, 0) is 11.4 Å². The molecule has 1 amide bonds. The van der Waals surface area contributed by atoms with Crippen LogP contribution in [0.5, 0.6) is 11.5 Å². The van der Waals surface area contributed by atoms with Crippen LogP contribution in [-0.4, -0.2) is 16.8 Å². The number of anilines is 1. The molecule has 180 valence electrons. The molecule has 0 atom stereocenters. The van der Waals surface area contributed by atoms with Gasteiger partial charge in [0.05, 0.1) is 17.2 Å². The van der Waals surface area contributed by atoms with Gasteiger partial charge in [-0.3, -0.25) is 9.69 Å². The zero-order valence-electron chi connectivity index (χ0n) is 20.1. The predicted molar refractivity (Wildman–Crippen MR) is 153 cm³/mol. The minimum Gasteiger partial charge on any atom is -0.490 e. The van der Waals surface area contributed by atoms with Crippen molar-refractivity contribution in [3.8, 4) is 11.5 Å². The summed E-state index contributed by atoms with van der Waals surface area (Å²) in [7, 11) is 0.